The third-order valence-electron chi connectivity index (χ3n) is 2.94. The van der Waals surface area contributed by atoms with Crippen molar-refractivity contribution >= 4 is 10.0 Å². The van der Waals surface area contributed by atoms with Crippen LogP contribution in [0.4, 0.5) is 0 Å². The fourth-order valence-electron chi connectivity index (χ4n) is 1.70. The molecule has 3 N–H and O–H groups in total. The van der Waals surface area contributed by atoms with Gasteiger partial charge in [0.05, 0.1) is 4.90 Å². The smallest absolute Gasteiger partial charge is 0.240 e. The van der Waals surface area contributed by atoms with Crippen LogP contribution in [-0.4, -0.2) is 15.0 Å². The van der Waals surface area contributed by atoms with Crippen LogP contribution >= 0.6 is 0 Å². The summed E-state index contributed by atoms with van der Waals surface area (Å²) in [4.78, 5) is 0.323. The second kappa shape index (κ2) is 6.03. The Bertz CT molecular complexity index is 531. The van der Waals surface area contributed by atoms with Gasteiger partial charge in [-0.05, 0) is 36.0 Å². The summed E-state index contributed by atoms with van der Waals surface area (Å²) in [5, 5.41) is 0. The van der Waals surface area contributed by atoms with E-state index < -0.39 is 10.0 Å². The van der Waals surface area contributed by atoms with Gasteiger partial charge in [0.2, 0.25) is 10.0 Å². The second-order valence-electron chi connectivity index (χ2n) is 6.01. The SMILES string of the molecule is Cc1ccc(CN)cc1S(=O)(=O)NCCC(C)(C)C. The van der Waals surface area contributed by atoms with Crippen LogP contribution in [0.3, 0.4) is 0 Å². The highest BCUT2D eigenvalue weighted by atomic mass is 32.2. The average molecular weight is 284 g/mol. The number of rotatable bonds is 5. The molecule has 1 aromatic carbocycles. The Labute approximate surface area is 116 Å². The molecule has 0 amide bonds. The fourth-order valence-corrected chi connectivity index (χ4v) is 3.02. The first kappa shape index (κ1) is 16.1. The predicted octanol–water partition coefficient (Wildman–Crippen LogP) is 2.17. The van der Waals surface area contributed by atoms with Crippen molar-refractivity contribution in [2.75, 3.05) is 6.54 Å². The van der Waals surface area contributed by atoms with Crippen LogP contribution in [0, 0.1) is 12.3 Å². The highest BCUT2D eigenvalue weighted by molar-refractivity contribution is 7.89. The van der Waals surface area contributed by atoms with E-state index in [0.29, 0.717) is 18.0 Å². The van der Waals surface area contributed by atoms with Gasteiger partial charge in [0.1, 0.15) is 0 Å². The molecule has 19 heavy (non-hydrogen) atoms. The van der Waals surface area contributed by atoms with Gasteiger partial charge in [-0.15, -0.1) is 0 Å². The highest BCUT2D eigenvalue weighted by Crippen LogP contribution is 2.19. The minimum Gasteiger partial charge on any atom is -0.326 e. The molecule has 108 valence electrons. The molecule has 0 saturated carbocycles. The zero-order chi connectivity index (χ0) is 14.7. The van der Waals surface area contributed by atoms with Gasteiger partial charge in [-0.25, -0.2) is 13.1 Å². The molecule has 0 aromatic heterocycles. The molecule has 0 fully saturated rings. The monoisotopic (exact) mass is 284 g/mol. The van der Waals surface area contributed by atoms with E-state index in [2.05, 4.69) is 25.5 Å². The van der Waals surface area contributed by atoms with Crippen LogP contribution in [0.2, 0.25) is 0 Å². The Hall–Kier alpha value is -0.910. The molecular weight excluding hydrogens is 260 g/mol. The molecule has 0 bridgehead atoms. The molecule has 0 aliphatic rings. The first-order chi connectivity index (χ1) is 8.65. The summed E-state index contributed by atoms with van der Waals surface area (Å²) in [5.41, 5.74) is 7.22. The molecule has 4 nitrogen and oxygen atoms in total. The minimum absolute atomic E-state index is 0.108. The molecule has 0 radical (unpaired) electrons. The average Bonchev–Trinajstić information content (AvgIpc) is 2.27. The fraction of sp³-hybridized carbons (Fsp3) is 0.571. The van der Waals surface area contributed by atoms with E-state index in [1.54, 1.807) is 19.1 Å². The summed E-state index contributed by atoms with van der Waals surface area (Å²) in [6.45, 7) is 8.83. The van der Waals surface area contributed by atoms with E-state index in [1.807, 2.05) is 6.07 Å². The maximum atomic E-state index is 12.3. The quantitative estimate of drug-likeness (QED) is 0.870. The molecule has 0 atom stereocenters. The molecule has 0 heterocycles. The van der Waals surface area contributed by atoms with Gasteiger partial charge in [-0.2, -0.15) is 0 Å². The third kappa shape index (κ3) is 4.93. The summed E-state index contributed by atoms with van der Waals surface area (Å²) in [5.74, 6) is 0. The number of sulfonamides is 1. The number of hydrogen-bond acceptors (Lipinski definition) is 3. The molecule has 0 saturated heterocycles. The van der Waals surface area contributed by atoms with Gasteiger partial charge in [0, 0.05) is 13.1 Å². The summed E-state index contributed by atoms with van der Waals surface area (Å²) in [6.07, 6.45) is 0.794. The number of benzene rings is 1. The molecule has 0 aliphatic heterocycles. The summed E-state index contributed by atoms with van der Waals surface area (Å²) < 4.78 is 27.2. The second-order valence-corrected chi connectivity index (χ2v) is 7.75. The zero-order valence-electron chi connectivity index (χ0n) is 12.2. The van der Waals surface area contributed by atoms with Gasteiger partial charge in [0.25, 0.3) is 0 Å². The molecule has 0 aliphatic carbocycles. The first-order valence-electron chi connectivity index (χ1n) is 6.45. The standard InChI is InChI=1S/C14H24N2O2S/c1-11-5-6-12(10-15)9-13(11)19(17,18)16-8-7-14(2,3)4/h5-6,9,16H,7-8,10,15H2,1-4H3. The Morgan fingerprint density at radius 1 is 1.26 bits per heavy atom. The van der Waals surface area contributed by atoms with Gasteiger partial charge in [0.15, 0.2) is 0 Å². The lowest BCUT2D eigenvalue weighted by Gasteiger charge is -2.18. The number of nitrogens with one attached hydrogen (secondary N) is 1. The van der Waals surface area contributed by atoms with E-state index >= 15 is 0 Å². The van der Waals surface area contributed by atoms with E-state index in [4.69, 9.17) is 5.73 Å². The Balaban J connectivity index is 2.88. The molecular formula is C14H24N2O2S. The normalized spacial score (nSPS) is 12.7. The van der Waals surface area contributed by atoms with E-state index in [9.17, 15) is 8.42 Å². The summed E-state index contributed by atoms with van der Waals surface area (Å²) in [7, 11) is -3.45. The van der Waals surface area contributed by atoms with Gasteiger partial charge in [-0.1, -0.05) is 32.9 Å². The highest BCUT2D eigenvalue weighted by Gasteiger charge is 2.18. The van der Waals surface area contributed by atoms with E-state index in [1.165, 1.54) is 0 Å². The first-order valence-corrected chi connectivity index (χ1v) is 7.93. The molecule has 1 rings (SSSR count). The van der Waals surface area contributed by atoms with Crippen molar-refractivity contribution in [3.63, 3.8) is 0 Å². The topological polar surface area (TPSA) is 72.2 Å². The van der Waals surface area contributed by atoms with Crippen molar-refractivity contribution in [2.24, 2.45) is 11.1 Å². The molecule has 5 heteroatoms. The number of hydrogen-bond donors (Lipinski definition) is 2. The van der Waals surface area contributed by atoms with Crippen LogP contribution in [0.15, 0.2) is 23.1 Å². The number of nitrogens with two attached hydrogens (primary N) is 1. The largest absolute Gasteiger partial charge is 0.326 e. The lowest BCUT2D eigenvalue weighted by molar-refractivity contribution is 0.378. The van der Waals surface area contributed by atoms with Crippen LogP contribution in [-0.2, 0) is 16.6 Å². The lowest BCUT2D eigenvalue weighted by atomic mass is 9.93. The minimum atomic E-state index is -3.45. The van der Waals surface area contributed by atoms with E-state index in [-0.39, 0.29) is 5.41 Å². The van der Waals surface area contributed by atoms with Crippen LogP contribution in [0.1, 0.15) is 38.3 Å². The van der Waals surface area contributed by atoms with E-state index in [0.717, 1.165) is 17.5 Å². The van der Waals surface area contributed by atoms with Crippen molar-refractivity contribution in [3.8, 4) is 0 Å². The Kier molecular flexibility index (Phi) is 5.12. The zero-order valence-corrected chi connectivity index (χ0v) is 13.0. The van der Waals surface area contributed by atoms with Gasteiger partial charge < -0.3 is 5.73 Å². The van der Waals surface area contributed by atoms with Crippen molar-refractivity contribution < 1.29 is 8.42 Å². The maximum absolute atomic E-state index is 12.3. The predicted molar refractivity (Wildman–Crippen MR) is 78.3 cm³/mol. The third-order valence-corrected chi connectivity index (χ3v) is 4.55. The van der Waals surface area contributed by atoms with Crippen molar-refractivity contribution in [3.05, 3.63) is 29.3 Å². The van der Waals surface area contributed by atoms with Crippen molar-refractivity contribution in [1.82, 2.24) is 4.72 Å². The van der Waals surface area contributed by atoms with Crippen LogP contribution in [0.25, 0.3) is 0 Å². The lowest BCUT2D eigenvalue weighted by Crippen LogP contribution is -2.28. The maximum Gasteiger partial charge on any atom is 0.240 e. The van der Waals surface area contributed by atoms with Gasteiger partial charge in [-0.3, -0.25) is 0 Å². The van der Waals surface area contributed by atoms with Crippen LogP contribution < -0.4 is 10.5 Å². The molecule has 1 aromatic rings. The van der Waals surface area contributed by atoms with Crippen molar-refractivity contribution in [1.29, 1.82) is 0 Å². The van der Waals surface area contributed by atoms with Gasteiger partial charge >= 0.3 is 0 Å². The van der Waals surface area contributed by atoms with Crippen LogP contribution in [0.5, 0.6) is 0 Å². The summed E-state index contributed by atoms with van der Waals surface area (Å²) in [6, 6.07) is 5.29. The summed E-state index contributed by atoms with van der Waals surface area (Å²) >= 11 is 0. The molecule has 0 spiro atoms. The Morgan fingerprint density at radius 2 is 1.89 bits per heavy atom. The Morgan fingerprint density at radius 3 is 2.42 bits per heavy atom. The molecule has 0 unspecified atom stereocenters. The van der Waals surface area contributed by atoms with Crippen molar-refractivity contribution in [2.45, 2.75) is 45.6 Å². The number of aryl methyl sites for hydroxylation is 1.